The van der Waals surface area contributed by atoms with E-state index in [1.54, 1.807) is 42.6 Å². The molecule has 0 atom stereocenters. The third kappa shape index (κ3) is 3.80. The maximum absolute atomic E-state index is 12.3. The number of nitrogens with one attached hydrogen (secondary N) is 2. The lowest BCUT2D eigenvalue weighted by Crippen LogP contribution is -2.16. The predicted molar refractivity (Wildman–Crippen MR) is 82.1 cm³/mol. The van der Waals surface area contributed by atoms with Gasteiger partial charge in [0.1, 0.15) is 5.82 Å². The van der Waals surface area contributed by atoms with Gasteiger partial charge in [-0.1, -0.05) is 6.92 Å². The summed E-state index contributed by atoms with van der Waals surface area (Å²) in [5.41, 5.74) is 1.69. The van der Waals surface area contributed by atoms with E-state index in [9.17, 15) is 4.79 Å². The second-order valence-corrected chi connectivity index (χ2v) is 4.47. The Hall–Kier alpha value is -2.87. The molecular weight excluding hydrogens is 264 g/mol. The van der Waals surface area contributed by atoms with Gasteiger partial charge in [0.05, 0.1) is 17.2 Å². The Morgan fingerprint density at radius 1 is 1.29 bits per heavy atom. The molecule has 0 aliphatic rings. The van der Waals surface area contributed by atoms with Crippen LogP contribution in [-0.2, 0) is 0 Å². The number of carbonyl (C=O) groups is 1. The molecule has 0 radical (unpaired) electrons. The van der Waals surface area contributed by atoms with Gasteiger partial charge in [-0.3, -0.25) is 4.79 Å². The summed E-state index contributed by atoms with van der Waals surface area (Å²) in [6.45, 7) is 2.81. The van der Waals surface area contributed by atoms with Gasteiger partial charge < -0.3 is 10.6 Å². The molecular formula is C16H16N4O. The average Bonchev–Trinajstić information content (AvgIpc) is 2.54. The Bertz CT molecular complexity index is 659. The molecule has 1 aromatic heterocycles. The fourth-order valence-corrected chi connectivity index (χ4v) is 1.80. The summed E-state index contributed by atoms with van der Waals surface area (Å²) in [4.78, 5) is 16.5. The summed E-state index contributed by atoms with van der Waals surface area (Å²) >= 11 is 0. The van der Waals surface area contributed by atoms with E-state index in [2.05, 4.69) is 15.6 Å². The first-order valence-corrected chi connectivity index (χ1v) is 6.75. The first-order chi connectivity index (χ1) is 10.2. The molecule has 0 saturated heterocycles. The second kappa shape index (κ2) is 7.06. The zero-order valence-electron chi connectivity index (χ0n) is 11.8. The minimum Gasteiger partial charge on any atom is -0.369 e. The van der Waals surface area contributed by atoms with Crippen molar-refractivity contribution in [3.05, 3.63) is 53.7 Å². The number of rotatable bonds is 5. The molecule has 0 fully saturated rings. The normalized spacial score (nSPS) is 9.71. The average molecular weight is 280 g/mol. The molecule has 0 aliphatic heterocycles. The van der Waals surface area contributed by atoms with Crippen molar-refractivity contribution in [2.24, 2.45) is 0 Å². The van der Waals surface area contributed by atoms with Crippen molar-refractivity contribution in [2.45, 2.75) is 13.3 Å². The fraction of sp³-hybridized carbons (Fsp3) is 0.188. The minimum atomic E-state index is -0.230. The van der Waals surface area contributed by atoms with Crippen LogP contribution in [0, 0.1) is 11.3 Å². The van der Waals surface area contributed by atoms with Crippen molar-refractivity contribution in [1.82, 2.24) is 4.98 Å². The number of carbonyl (C=O) groups excluding carboxylic acids is 1. The molecule has 2 aromatic rings. The maximum Gasteiger partial charge on any atom is 0.259 e. The summed E-state index contributed by atoms with van der Waals surface area (Å²) in [6, 6.07) is 12.2. The smallest absolute Gasteiger partial charge is 0.259 e. The topological polar surface area (TPSA) is 77.8 Å². The van der Waals surface area contributed by atoms with Crippen LogP contribution in [0.4, 0.5) is 11.5 Å². The van der Waals surface area contributed by atoms with E-state index in [0.29, 0.717) is 22.6 Å². The number of nitrogens with zero attached hydrogens (tertiary/aromatic N) is 2. The van der Waals surface area contributed by atoms with E-state index in [1.165, 1.54) is 0 Å². The van der Waals surface area contributed by atoms with Crippen LogP contribution in [0.5, 0.6) is 0 Å². The van der Waals surface area contributed by atoms with Gasteiger partial charge in [0.15, 0.2) is 0 Å². The van der Waals surface area contributed by atoms with Gasteiger partial charge in [0, 0.05) is 18.4 Å². The molecule has 1 aromatic carbocycles. The number of pyridine rings is 1. The molecule has 5 heteroatoms. The standard InChI is InChI=1S/C16H16N4O/c1-2-9-18-15-14(4-3-10-19-15)16(21)20-13-7-5-12(11-17)6-8-13/h3-8,10H,2,9H2,1H3,(H,18,19)(H,20,21). The molecule has 21 heavy (non-hydrogen) atoms. The van der Waals surface area contributed by atoms with Crippen molar-refractivity contribution < 1.29 is 4.79 Å². The SMILES string of the molecule is CCCNc1ncccc1C(=O)Nc1ccc(C#N)cc1. The lowest BCUT2D eigenvalue weighted by molar-refractivity contribution is 0.102. The lowest BCUT2D eigenvalue weighted by Gasteiger charge is -2.10. The Morgan fingerprint density at radius 3 is 2.71 bits per heavy atom. The number of anilines is 2. The summed E-state index contributed by atoms with van der Waals surface area (Å²) in [5, 5.41) is 14.7. The number of amides is 1. The van der Waals surface area contributed by atoms with E-state index in [4.69, 9.17) is 5.26 Å². The quantitative estimate of drug-likeness (QED) is 0.882. The van der Waals surface area contributed by atoms with Gasteiger partial charge in [-0.05, 0) is 42.8 Å². The molecule has 2 rings (SSSR count). The summed E-state index contributed by atoms with van der Waals surface area (Å²) in [7, 11) is 0. The number of benzene rings is 1. The molecule has 0 bridgehead atoms. The van der Waals surface area contributed by atoms with Crippen molar-refractivity contribution in [1.29, 1.82) is 5.26 Å². The highest BCUT2D eigenvalue weighted by atomic mass is 16.1. The first kappa shape index (κ1) is 14.5. The van der Waals surface area contributed by atoms with Crippen LogP contribution in [0.2, 0.25) is 0 Å². The maximum atomic E-state index is 12.3. The Balaban J connectivity index is 2.14. The highest BCUT2D eigenvalue weighted by Gasteiger charge is 2.12. The van der Waals surface area contributed by atoms with Gasteiger partial charge in [-0.2, -0.15) is 5.26 Å². The second-order valence-electron chi connectivity index (χ2n) is 4.47. The molecule has 0 spiro atoms. The van der Waals surface area contributed by atoms with Crippen molar-refractivity contribution in [3.8, 4) is 6.07 Å². The number of aromatic nitrogens is 1. The van der Waals surface area contributed by atoms with Crippen molar-refractivity contribution in [3.63, 3.8) is 0 Å². The van der Waals surface area contributed by atoms with Gasteiger partial charge in [-0.25, -0.2) is 4.98 Å². The zero-order valence-corrected chi connectivity index (χ0v) is 11.8. The molecule has 5 nitrogen and oxygen atoms in total. The molecule has 2 N–H and O–H groups in total. The number of hydrogen-bond donors (Lipinski definition) is 2. The van der Waals surface area contributed by atoms with E-state index in [0.717, 1.165) is 13.0 Å². The largest absolute Gasteiger partial charge is 0.369 e. The van der Waals surface area contributed by atoms with Crippen LogP contribution in [0.1, 0.15) is 29.3 Å². The highest BCUT2D eigenvalue weighted by Crippen LogP contribution is 2.15. The van der Waals surface area contributed by atoms with Gasteiger partial charge >= 0.3 is 0 Å². The van der Waals surface area contributed by atoms with Gasteiger partial charge in [0.25, 0.3) is 5.91 Å². The fourth-order valence-electron chi connectivity index (χ4n) is 1.80. The van der Waals surface area contributed by atoms with E-state index >= 15 is 0 Å². The van der Waals surface area contributed by atoms with E-state index in [-0.39, 0.29) is 5.91 Å². The van der Waals surface area contributed by atoms with Crippen molar-refractivity contribution in [2.75, 3.05) is 17.2 Å². The van der Waals surface area contributed by atoms with Gasteiger partial charge in [0.2, 0.25) is 0 Å². The van der Waals surface area contributed by atoms with Crippen molar-refractivity contribution >= 4 is 17.4 Å². The highest BCUT2D eigenvalue weighted by molar-refractivity contribution is 6.07. The molecule has 1 heterocycles. The Kier molecular flexibility index (Phi) is 4.89. The first-order valence-electron chi connectivity index (χ1n) is 6.75. The van der Waals surface area contributed by atoms with Crippen LogP contribution in [0.15, 0.2) is 42.6 Å². The van der Waals surface area contributed by atoms with Crippen LogP contribution in [-0.4, -0.2) is 17.4 Å². The third-order valence-electron chi connectivity index (χ3n) is 2.87. The number of hydrogen-bond acceptors (Lipinski definition) is 4. The molecule has 106 valence electrons. The van der Waals surface area contributed by atoms with Crippen LogP contribution < -0.4 is 10.6 Å². The van der Waals surface area contributed by atoms with Crippen LogP contribution >= 0.6 is 0 Å². The summed E-state index contributed by atoms with van der Waals surface area (Å²) in [5.74, 6) is 0.344. The van der Waals surface area contributed by atoms with Gasteiger partial charge in [-0.15, -0.1) is 0 Å². The van der Waals surface area contributed by atoms with E-state index in [1.807, 2.05) is 13.0 Å². The van der Waals surface area contributed by atoms with Crippen LogP contribution in [0.3, 0.4) is 0 Å². The predicted octanol–water partition coefficient (Wildman–Crippen LogP) is 3.03. The molecule has 1 amide bonds. The minimum absolute atomic E-state index is 0.230. The summed E-state index contributed by atoms with van der Waals surface area (Å²) in [6.07, 6.45) is 2.60. The van der Waals surface area contributed by atoms with Crippen LogP contribution in [0.25, 0.3) is 0 Å². The zero-order chi connectivity index (χ0) is 15.1. The number of nitriles is 1. The lowest BCUT2D eigenvalue weighted by atomic mass is 10.2. The Labute approximate surface area is 123 Å². The monoisotopic (exact) mass is 280 g/mol. The molecule has 0 aliphatic carbocycles. The van der Waals surface area contributed by atoms with E-state index < -0.39 is 0 Å². The molecule has 0 saturated carbocycles. The molecule has 0 unspecified atom stereocenters. The third-order valence-corrected chi connectivity index (χ3v) is 2.87. The summed E-state index contributed by atoms with van der Waals surface area (Å²) < 4.78 is 0. The Morgan fingerprint density at radius 2 is 2.05 bits per heavy atom.